The van der Waals surface area contributed by atoms with Crippen molar-refractivity contribution in [1.29, 1.82) is 0 Å². The molecule has 0 radical (unpaired) electrons. The SMILES string of the molecule is COC[C@H]1OC(=O)c2coc3c2[C@@]1(C)C1=C(C3=O)C2CCC(=O)[C@@]2(C)C[C@H]1OC(C)=O.N.N. The lowest BCUT2D eigenvalue weighted by Gasteiger charge is -2.51. The number of cyclic esters (lactones) is 1. The molecule has 6 N–H and O–H groups in total. The first kappa shape index (κ1) is 24.8. The van der Waals surface area contributed by atoms with Crippen molar-refractivity contribution in [3.63, 3.8) is 0 Å². The van der Waals surface area contributed by atoms with E-state index in [1.54, 1.807) is 0 Å². The zero-order chi connectivity index (χ0) is 22.3. The Morgan fingerprint density at radius 3 is 2.55 bits per heavy atom. The van der Waals surface area contributed by atoms with Crippen molar-refractivity contribution in [1.82, 2.24) is 12.3 Å². The van der Waals surface area contributed by atoms with Crippen LogP contribution < -0.4 is 12.3 Å². The zero-order valence-electron chi connectivity index (χ0n) is 19.3. The zero-order valence-corrected chi connectivity index (χ0v) is 19.3. The molecule has 0 aromatic carbocycles. The summed E-state index contributed by atoms with van der Waals surface area (Å²) >= 11 is 0. The van der Waals surface area contributed by atoms with E-state index in [4.69, 9.17) is 18.6 Å². The highest BCUT2D eigenvalue weighted by molar-refractivity contribution is 6.14. The fourth-order valence-corrected chi connectivity index (χ4v) is 6.28. The molecule has 33 heavy (non-hydrogen) atoms. The molecular weight excluding hydrogens is 432 g/mol. The van der Waals surface area contributed by atoms with E-state index in [0.29, 0.717) is 29.6 Å². The van der Waals surface area contributed by atoms with Crippen LogP contribution in [0.1, 0.15) is 66.5 Å². The number of esters is 2. The minimum atomic E-state index is -0.988. The maximum absolute atomic E-state index is 13.7. The molecule has 4 aliphatic rings. The quantitative estimate of drug-likeness (QED) is 0.634. The van der Waals surface area contributed by atoms with Crippen LogP contribution in [0.5, 0.6) is 0 Å². The lowest BCUT2D eigenvalue weighted by Crippen LogP contribution is -2.57. The van der Waals surface area contributed by atoms with Crippen LogP contribution in [-0.4, -0.2) is 49.4 Å². The number of Topliss-reactive ketones (excluding diaryl/α,β-unsaturated/α-hetero) is 2. The van der Waals surface area contributed by atoms with Gasteiger partial charge in [0, 0.05) is 49.3 Å². The summed E-state index contributed by atoms with van der Waals surface area (Å²) in [5.41, 5.74) is -0.0741. The van der Waals surface area contributed by atoms with Crippen molar-refractivity contribution < 1.29 is 37.8 Å². The second-order valence-electron chi connectivity index (χ2n) is 9.30. The first-order valence-electron chi connectivity index (χ1n) is 10.5. The first-order valence-corrected chi connectivity index (χ1v) is 10.5. The maximum atomic E-state index is 13.7. The summed E-state index contributed by atoms with van der Waals surface area (Å²) in [5.74, 6) is -1.58. The molecule has 1 aromatic heterocycles. The van der Waals surface area contributed by atoms with Crippen molar-refractivity contribution in [3.05, 3.63) is 34.3 Å². The van der Waals surface area contributed by atoms with E-state index in [9.17, 15) is 19.2 Å². The molecule has 2 heterocycles. The molecule has 1 unspecified atom stereocenters. The molecule has 1 aliphatic heterocycles. The molecule has 3 aliphatic carbocycles. The van der Waals surface area contributed by atoms with Crippen LogP contribution in [-0.2, 0) is 29.2 Å². The Bertz CT molecular complexity index is 1090. The van der Waals surface area contributed by atoms with Gasteiger partial charge in [-0.25, -0.2) is 4.79 Å². The molecular formula is C23H30N2O8. The third kappa shape index (κ3) is 2.97. The van der Waals surface area contributed by atoms with Crippen LogP contribution in [0.25, 0.3) is 0 Å². The summed E-state index contributed by atoms with van der Waals surface area (Å²) in [6.07, 6.45) is 0.906. The molecule has 5 rings (SSSR count). The summed E-state index contributed by atoms with van der Waals surface area (Å²) in [5, 5.41) is 0. The lowest BCUT2D eigenvalue weighted by atomic mass is 9.54. The van der Waals surface area contributed by atoms with Gasteiger partial charge in [0.05, 0.1) is 12.0 Å². The average molecular weight is 462 g/mol. The van der Waals surface area contributed by atoms with Crippen LogP contribution in [0.4, 0.5) is 0 Å². The van der Waals surface area contributed by atoms with Gasteiger partial charge in [-0.15, -0.1) is 0 Å². The van der Waals surface area contributed by atoms with Crippen molar-refractivity contribution in [3.8, 4) is 0 Å². The van der Waals surface area contributed by atoms with E-state index in [0.717, 1.165) is 0 Å². The minimum absolute atomic E-state index is 0. The number of hydrogen-bond acceptors (Lipinski definition) is 10. The van der Waals surface area contributed by atoms with Crippen LogP contribution in [0, 0.1) is 11.3 Å². The van der Waals surface area contributed by atoms with E-state index in [-0.39, 0.29) is 54.1 Å². The van der Waals surface area contributed by atoms with Gasteiger partial charge in [-0.1, -0.05) is 6.92 Å². The summed E-state index contributed by atoms with van der Waals surface area (Å²) in [4.78, 5) is 51.2. The highest BCUT2D eigenvalue weighted by Gasteiger charge is 2.64. The van der Waals surface area contributed by atoms with Crippen molar-refractivity contribution >= 4 is 23.5 Å². The predicted molar refractivity (Wildman–Crippen MR) is 115 cm³/mol. The number of ether oxygens (including phenoxy) is 3. The summed E-state index contributed by atoms with van der Waals surface area (Å²) in [7, 11) is 1.50. The Morgan fingerprint density at radius 1 is 1.21 bits per heavy atom. The first-order chi connectivity index (χ1) is 14.6. The van der Waals surface area contributed by atoms with E-state index in [1.807, 2.05) is 13.8 Å². The number of fused-ring (bicyclic) bond motifs is 3. The largest absolute Gasteiger partial charge is 0.460 e. The van der Waals surface area contributed by atoms with Gasteiger partial charge in [0.25, 0.3) is 0 Å². The van der Waals surface area contributed by atoms with Crippen molar-refractivity contribution in [2.45, 2.75) is 57.7 Å². The lowest BCUT2D eigenvalue weighted by molar-refractivity contribution is -0.149. The Hall–Kier alpha value is -2.82. The summed E-state index contributed by atoms with van der Waals surface area (Å²) < 4.78 is 22.4. The van der Waals surface area contributed by atoms with Crippen LogP contribution in [0.2, 0.25) is 0 Å². The Morgan fingerprint density at radius 2 is 1.91 bits per heavy atom. The highest BCUT2D eigenvalue weighted by Crippen LogP contribution is 2.61. The Kier molecular flexibility index (Phi) is 5.94. The number of furan rings is 1. The van der Waals surface area contributed by atoms with Gasteiger partial charge in [0.1, 0.15) is 29.8 Å². The molecule has 5 atom stereocenters. The second-order valence-corrected chi connectivity index (χ2v) is 9.30. The third-order valence-corrected chi connectivity index (χ3v) is 7.70. The van der Waals surface area contributed by atoms with Gasteiger partial charge < -0.3 is 30.9 Å². The molecule has 10 nitrogen and oxygen atoms in total. The van der Waals surface area contributed by atoms with Gasteiger partial charge in [-0.05, 0) is 18.9 Å². The van der Waals surface area contributed by atoms with Crippen LogP contribution >= 0.6 is 0 Å². The molecule has 0 saturated heterocycles. The van der Waals surface area contributed by atoms with E-state index >= 15 is 0 Å². The molecule has 1 saturated carbocycles. The fourth-order valence-electron chi connectivity index (χ4n) is 6.28. The van der Waals surface area contributed by atoms with Crippen LogP contribution in [0.3, 0.4) is 0 Å². The number of allylic oxidation sites excluding steroid dienone is 1. The number of ketones is 2. The Balaban J connectivity index is 0.00000153. The molecule has 0 amide bonds. The molecule has 180 valence electrons. The van der Waals surface area contributed by atoms with Crippen LogP contribution in [0.15, 0.2) is 21.8 Å². The molecule has 0 spiro atoms. The van der Waals surface area contributed by atoms with Gasteiger partial charge in [-0.2, -0.15) is 0 Å². The fraction of sp³-hybridized carbons (Fsp3) is 0.565. The standard InChI is InChI=1S/C23H24O8.2H3N/c1-10(24)30-13-7-22(2)12(5-6-14(22)25)16-18(13)23(3)15(9-28-4)31-21(27)11-8-29-20(17(11)23)19(16)26;;/h8,12-13,15H,5-7,9H2,1-4H3;2*1H3/t12?,13-,15-,22+,23+;;/m1../s1. The predicted octanol–water partition coefficient (Wildman–Crippen LogP) is 2.86. The maximum Gasteiger partial charge on any atom is 0.342 e. The molecule has 1 aromatic rings. The normalized spacial score (nSPS) is 33.8. The molecule has 0 bridgehead atoms. The second kappa shape index (κ2) is 7.89. The number of carbonyl (C=O) groups is 4. The van der Waals surface area contributed by atoms with Gasteiger partial charge in [0.15, 0.2) is 5.76 Å². The topological polar surface area (TPSA) is 179 Å². The van der Waals surface area contributed by atoms with E-state index in [1.165, 1.54) is 20.3 Å². The monoisotopic (exact) mass is 462 g/mol. The Labute approximate surface area is 191 Å². The molecule has 1 fully saturated rings. The van der Waals surface area contributed by atoms with E-state index < -0.39 is 35.0 Å². The van der Waals surface area contributed by atoms with Gasteiger partial charge in [-0.3, -0.25) is 14.4 Å². The van der Waals surface area contributed by atoms with Crippen molar-refractivity contribution in [2.24, 2.45) is 11.3 Å². The van der Waals surface area contributed by atoms with Gasteiger partial charge >= 0.3 is 11.9 Å². The average Bonchev–Trinajstić information content (AvgIpc) is 3.27. The number of methoxy groups -OCH3 is 1. The number of hydrogen-bond donors (Lipinski definition) is 2. The molecule has 10 heteroatoms. The summed E-state index contributed by atoms with van der Waals surface area (Å²) in [6.45, 7) is 5.11. The minimum Gasteiger partial charge on any atom is -0.460 e. The van der Waals surface area contributed by atoms with Crippen molar-refractivity contribution in [2.75, 3.05) is 13.7 Å². The van der Waals surface area contributed by atoms with Gasteiger partial charge in [0.2, 0.25) is 5.78 Å². The number of rotatable bonds is 3. The highest BCUT2D eigenvalue weighted by atomic mass is 16.6. The third-order valence-electron chi connectivity index (χ3n) is 7.70. The number of carbonyl (C=O) groups excluding carboxylic acids is 4. The van der Waals surface area contributed by atoms with E-state index in [2.05, 4.69) is 0 Å². The smallest absolute Gasteiger partial charge is 0.342 e. The summed E-state index contributed by atoms with van der Waals surface area (Å²) in [6, 6.07) is 0.